The zero-order valence-electron chi connectivity index (χ0n) is 17.2. The molecule has 1 atom stereocenters. The van der Waals surface area contributed by atoms with Crippen LogP contribution in [0.1, 0.15) is 47.2 Å². The number of carbonyl (C=O) groups is 1. The first-order chi connectivity index (χ1) is 14.4. The molecule has 0 saturated carbocycles. The summed E-state index contributed by atoms with van der Waals surface area (Å²) in [6, 6.07) is 7.34. The molecule has 30 heavy (non-hydrogen) atoms. The summed E-state index contributed by atoms with van der Waals surface area (Å²) in [6.07, 6.45) is 1.94. The molecule has 1 amide bonds. The Bertz CT molecular complexity index is 1230. The van der Waals surface area contributed by atoms with Crippen molar-refractivity contribution < 1.29 is 13.7 Å². The second-order valence-corrected chi connectivity index (χ2v) is 7.25. The van der Waals surface area contributed by atoms with Crippen molar-refractivity contribution in [2.75, 3.05) is 0 Å². The van der Waals surface area contributed by atoms with Gasteiger partial charge in [-0.2, -0.15) is 5.10 Å². The van der Waals surface area contributed by atoms with Crippen molar-refractivity contribution in [3.8, 4) is 11.3 Å². The highest BCUT2D eigenvalue weighted by molar-refractivity contribution is 6.09. The molecule has 0 unspecified atom stereocenters. The summed E-state index contributed by atoms with van der Waals surface area (Å²) >= 11 is 0. The number of nitrogens with zero attached hydrogens (tertiary/aromatic N) is 4. The summed E-state index contributed by atoms with van der Waals surface area (Å²) in [4.78, 5) is 17.6. The van der Waals surface area contributed by atoms with Gasteiger partial charge in [0.2, 0.25) is 0 Å². The van der Waals surface area contributed by atoms with Crippen molar-refractivity contribution in [2.24, 2.45) is 0 Å². The van der Waals surface area contributed by atoms with Crippen molar-refractivity contribution in [1.29, 1.82) is 0 Å². The van der Waals surface area contributed by atoms with E-state index in [0.29, 0.717) is 27.9 Å². The van der Waals surface area contributed by atoms with E-state index in [2.05, 4.69) is 20.6 Å². The largest absolute Gasteiger partial charge is 0.345 e. The number of aryl methyl sites for hydroxylation is 3. The Morgan fingerprint density at radius 2 is 2.00 bits per heavy atom. The van der Waals surface area contributed by atoms with Gasteiger partial charge in [0.05, 0.1) is 22.7 Å². The van der Waals surface area contributed by atoms with Crippen LogP contribution >= 0.6 is 0 Å². The van der Waals surface area contributed by atoms with Crippen LogP contribution in [0.4, 0.5) is 4.39 Å². The summed E-state index contributed by atoms with van der Waals surface area (Å²) in [7, 11) is 0. The van der Waals surface area contributed by atoms with E-state index in [9.17, 15) is 9.18 Å². The highest BCUT2D eigenvalue weighted by Crippen LogP contribution is 2.31. The van der Waals surface area contributed by atoms with Crippen molar-refractivity contribution in [3.05, 3.63) is 64.9 Å². The van der Waals surface area contributed by atoms with Gasteiger partial charge in [0.15, 0.2) is 0 Å². The first-order valence-electron chi connectivity index (χ1n) is 9.75. The van der Waals surface area contributed by atoms with Gasteiger partial charge < -0.3 is 9.84 Å². The molecule has 4 aromatic rings. The van der Waals surface area contributed by atoms with Crippen molar-refractivity contribution in [3.63, 3.8) is 0 Å². The van der Waals surface area contributed by atoms with Crippen LogP contribution in [-0.4, -0.2) is 25.8 Å². The molecule has 3 aromatic heterocycles. The van der Waals surface area contributed by atoms with Crippen LogP contribution in [-0.2, 0) is 6.54 Å². The van der Waals surface area contributed by atoms with Crippen LogP contribution < -0.4 is 5.32 Å². The predicted molar refractivity (Wildman–Crippen MR) is 110 cm³/mol. The van der Waals surface area contributed by atoms with E-state index in [4.69, 9.17) is 4.52 Å². The number of carbonyl (C=O) groups excluding carboxylic acids is 1. The van der Waals surface area contributed by atoms with E-state index in [1.807, 2.05) is 31.6 Å². The van der Waals surface area contributed by atoms with Gasteiger partial charge in [-0.05, 0) is 58.0 Å². The average molecular weight is 407 g/mol. The van der Waals surface area contributed by atoms with E-state index in [0.717, 1.165) is 17.8 Å². The lowest BCUT2D eigenvalue weighted by atomic mass is 10.0. The fourth-order valence-corrected chi connectivity index (χ4v) is 3.53. The molecule has 0 bridgehead atoms. The Hall–Kier alpha value is -3.55. The zero-order chi connectivity index (χ0) is 21.4. The third kappa shape index (κ3) is 3.56. The molecule has 1 aromatic carbocycles. The second kappa shape index (κ2) is 7.70. The number of rotatable bonds is 5. The van der Waals surface area contributed by atoms with E-state index >= 15 is 0 Å². The fraction of sp³-hybridized carbons (Fsp3) is 0.273. The van der Waals surface area contributed by atoms with E-state index in [-0.39, 0.29) is 23.5 Å². The maximum absolute atomic E-state index is 13.3. The number of nitrogens with one attached hydrogen (secondary N) is 1. The minimum Gasteiger partial charge on any atom is -0.345 e. The predicted octanol–water partition coefficient (Wildman–Crippen LogP) is 4.35. The molecule has 0 saturated heterocycles. The molecule has 0 fully saturated rings. The van der Waals surface area contributed by atoms with E-state index < -0.39 is 0 Å². The molecule has 3 heterocycles. The van der Waals surface area contributed by atoms with Crippen molar-refractivity contribution in [1.82, 2.24) is 25.2 Å². The van der Waals surface area contributed by atoms with Gasteiger partial charge >= 0.3 is 0 Å². The SMILES string of the molecule is CCn1cc([C@@H](C)NC(=O)c2cc(C)nc3onc(-c4ccc(F)cc4)c23)c(C)n1. The molecule has 0 radical (unpaired) electrons. The summed E-state index contributed by atoms with van der Waals surface area (Å²) in [5, 5.41) is 12.1. The van der Waals surface area contributed by atoms with Crippen LogP contribution in [0, 0.1) is 19.7 Å². The van der Waals surface area contributed by atoms with Gasteiger partial charge in [-0.25, -0.2) is 9.37 Å². The number of aromatic nitrogens is 4. The smallest absolute Gasteiger partial charge is 0.259 e. The molecule has 4 rings (SSSR count). The molecule has 8 heteroatoms. The standard InChI is InChI=1S/C22H22FN5O2/c1-5-28-11-18(14(4)26-28)13(3)25-21(29)17-10-12(2)24-22-19(17)20(27-30-22)15-6-8-16(23)9-7-15/h6-11,13H,5H2,1-4H3,(H,25,29)/t13-/m1/s1. The first kappa shape index (κ1) is 19.8. The molecule has 0 aliphatic heterocycles. The maximum Gasteiger partial charge on any atom is 0.259 e. The molecule has 0 aliphatic rings. The maximum atomic E-state index is 13.3. The summed E-state index contributed by atoms with van der Waals surface area (Å²) in [6.45, 7) is 8.40. The zero-order valence-corrected chi connectivity index (χ0v) is 17.2. The number of pyridine rings is 1. The van der Waals surface area contributed by atoms with Crippen LogP contribution in [0.2, 0.25) is 0 Å². The lowest BCUT2D eigenvalue weighted by Gasteiger charge is -2.14. The van der Waals surface area contributed by atoms with Crippen LogP contribution in [0.15, 0.2) is 41.1 Å². The van der Waals surface area contributed by atoms with Crippen molar-refractivity contribution in [2.45, 2.75) is 40.3 Å². The molecule has 7 nitrogen and oxygen atoms in total. The minimum absolute atomic E-state index is 0.240. The lowest BCUT2D eigenvalue weighted by molar-refractivity contribution is 0.0941. The Morgan fingerprint density at radius 3 is 2.67 bits per heavy atom. The van der Waals surface area contributed by atoms with Gasteiger partial charge in [0.25, 0.3) is 11.6 Å². The number of fused-ring (bicyclic) bond motifs is 1. The molecule has 0 spiro atoms. The van der Waals surface area contributed by atoms with E-state index in [1.54, 1.807) is 25.1 Å². The summed E-state index contributed by atoms with van der Waals surface area (Å²) in [5.74, 6) is -0.622. The average Bonchev–Trinajstić information content (AvgIpc) is 3.31. The van der Waals surface area contributed by atoms with Gasteiger partial charge in [-0.15, -0.1) is 0 Å². The quantitative estimate of drug-likeness (QED) is 0.531. The topological polar surface area (TPSA) is 85.8 Å². The summed E-state index contributed by atoms with van der Waals surface area (Å²) in [5.41, 5.74) is 4.23. The highest BCUT2D eigenvalue weighted by Gasteiger charge is 2.23. The lowest BCUT2D eigenvalue weighted by Crippen LogP contribution is -2.27. The minimum atomic E-state index is -0.352. The van der Waals surface area contributed by atoms with E-state index in [1.165, 1.54) is 12.1 Å². The number of amides is 1. The molecule has 0 aliphatic carbocycles. The second-order valence-electron chi connectivity index (χ2n) is 7.25. The van der Waals surface area contributed by atoms with Crippen molar-refractivity contribution >= 4 is 17.0 Å². The third-order valence-electron chi connectivity index (χ3n) is 5.06. The highest BCUT2D eigenvalue weighted by atomic mass is 19.1. The van der Waals surface area contributed by atoms with Gasteiger partial charge in [-0.3, -0.25) is 9.48 Å². The number of halogens is 1. The first-order valence-corrected chi connectivity index (χ1v) is 9.75. The van der Waals surface area contributed by atoms with Crippen LogP contribution in [0.25, 0.3) is 22.4 Å². The molecule has 154 valence electrons. The Kier molecular flexibility index (Phi) is 5.07. The Morgan fingerprint density at radius 1 is 1.27 bits per heavy atom. The molecule has 1 N–H and O–H groups in total. The Balaban J connectivity index is 1.73. The van der Waals surface area contributed by atoms with Crippen LogP contribution in [0.3, 0.4) is 0 Å². The normalized spacial score (nSPS) is 12.3. The molecular formula is C22H22FN5O2. The van der Waals surface area contributed by atoms with Gasteiger partial charge in [0.1, 0.15) is 11.5 Å². The van der Waals surface area contributed by atoms with Gasteiger partial charge in [0, 0.05) is 29.6 Å². The monoisotopic (exact) mass is 407 g/mol. The number of hydrogen-bond donors (Lipinski definition) is 1. The Labute approximate surface area is 172 Å². The van der Waals surface area contributed by atoms with Crippen LogP contribution in [0.5, 0.6) is 0 Å². The number of benzene rings is 1. The van der Waals surface area contributed by atoms with Gasteiger partial charge in [-0.1, -0.05) is 5.16 Å². The molecular weight excluding hydrogens is 385 g/mol. The third-order valence-corrected chi connectivity index (χ3v) is 5.06. The number of hydrogen-bond acceptors (Lipinski definition) is 5. The summed E-state index contributed by atoms with van der Waals surface area (Å²) < 4.78 is 20.6. The fourth-order valence-electron chi connectivity index (χ4n) is 3.53.